The van der Waals surface area contributed by atoms with Gasteiger partial charge in [-0.3, -0.25) is 0 Å². The lowest BCUT2D eigenvalue weighted by Crippen LogP contribution is -2.32. The summed E-state index contributed by atoms with van der Waals surface area (Å²) < 4.78 is 5.35. The standard InChI is InChI=1S/C19H19NO2/c21-19-20-17(14-16-10-5-2-6-11-16)18(22-19)13-7-12-15-8-3-1-4-9-15/h1-11,13,17-18H,12,14H2,(H,20,21)/b13-7-/t17-,18+/m0/s1. The average Bonchev–Trinajstić information content (AvgIpc) is 2.89. The van der Waals surface area contributed by atoms with Gasteiger partial charge in [0.2, 0.25) is 0 Å². The largest absolute Gasteiger partial charge is 0.440 e. The number of rotatable bonds is 5. The maximum absolute atomic E-state index is 11.5. The Kier molecular flexibility index (Phi) is 4.54. The van der Waals surface area contributed by atoms with Gasteiger partial charge in [0.05, 0.1) is 6.04 Å². The number of cyclic esters (lactones) is 1. The summed E-state index contributed by atoms with van der Waals surface area (Å²) >= 11 is 0. The van der Waals surface area contributed by atoms with Crippen LogP contribution in [0.3, 0.4) is 0 Å². The normalized spacial score (nSPS) is 20.8. The molecule has 1 aliphatic heterocycles. The monoisotopic (exact) mass is 293 g/mol. The van der Waals surface area contributed by atoms with Crippen molar-refractivity contribution in [1.29, 1.82) is 0 Å². The minimum atomic E-state index is -0.338. The SMILES string of the molecule is O=C1N[C@@H](Cc2ccccc2)[C@@H](/C=C\Cc2ccccc2)O1. The van der Waals surface area contributed by atoms with Crippen molar-refractivity contribution in [3.05, 3.63) is 83.9 Å². The van der Waals surface area contributed by atoms with Crippen molar-refractivity contribution in [2.24, 2.45) is 0 Å². The highest BCUT2D eigenvalue weighted by Crippen LogP contribution is 2.16. The molecule has 0 saturated carbocycles. The molecule has 3 rings (SSSR count). The van der Waals surface area contributed by atoms with Crippen molar-refractivity contribution in [2.75, 3.05) is 0 Å². The van der Waals surface area contributed by atoms with Crippen LogP contribution < -0.4 is 5.32 Å². The molecular weight excluding hydrogens is 274 g/mol. The van der Waals surface area contributed by atoms with Gasteiger partial charge in [-0.05, 0) is 30.0 Å². The Morgan fingerprint density at radius 2 is 1.59 bits per heavy atom. The van der Waals surface area contributed by atoms with Gasteiger partial charge >= 0.3 is 6.09 Å². The Labute approximate surface area is 130 Å². The minimum Gasteiger partial charge on any atom is -0.440 e. The van der Waals surface area contributed by atoms with E-state index in [0.29, 0.717) is 0 Å². The molecule has 22 heavy (non-hydrogen) atoms. The van der Waals surface area contributed by atoms with Gasteiger partial charge in [0.1, 0.15) is 6.10 Å². The number of hydrogen-bond acceptors (Lipinski definition) is 2. The molecule has 1 amide bonds. The fourth-order valence-electron chi connectivity index (χ4n) is 2.63. The van der Waals surface area contributed by atoms with E-state index in [9.17, 15) is 4.79 Å². The smallest absolute Gasteiger partial charge is 0.408 e. The van der Waals surface area contributed by atoms with Gasteiger partial charge in [-0.15, -0.1) is 0 Å². The molecule has 0 spiro atoms. The minimum absolute atomic E-state index is 0.0121. The van der Waals surface area contributed by atoms with E-state index in [2.05, 4.69) is 35.7 Å². The van der Waals surface area contributed by atoms with E-state index in [0.717, 1.165) is 12.8 Å². The molecular formula is C19H19NO2. The number of hydrogen-bond donors (Lipinski definition) is 1. The third kappa shape index (κ3) is 3.76. The average molecular weight is 293 g/mol. The summed E-state index contributed by atoms with van der Waals surface area (Å²) in [4.78, 5) is 11.5. The summed E-state index contributed by atoms with van der Waals surface area (Å²) in [6, 6.07) is 20.4. The van der Waals surface area contributed by atoms with Crippen LogP contribution in [0.4, 0.5) is 4.79 Å². The van der Waals surface area contributed by atoms with Crippen molar-refractivity contribution in [3.8, 4) is 0 Å². The van der Waals surface area contributed by atoms with E-state index in [1.54, 1.807) is 0 Å². The second-order valence-electron chi connectivity index (χ2n) is 5.43. The molecule has 2 aromatic carbocycles. The van der Waals surface area contributed by atoms with E-state index in [-0.39, 0.29) is 18.2 Å². The number of benzene rings is 2. The Morgan fingerprint density at radius 3 is 2.27 bits per heavy atom. The lowest BCUT2D eigenvalue weighted by molar-refractivity contribution is 0.153. The summed E-state index contributed by atoms with van der Waals surface area (Å²) in [6.07, 6.45) is 5.11. The zero-order valence-electron chi connectivity index (χ0n) is 12.3. The van der Waals surface area contributed by atoms with E-state index >= 15 is 0 Å². The molecule has 1 aliphatic rings. The van der Waals surface area contributed by atoms with Gasteiger partial charge in [-0.25, -0.2) is 4.79 Å². The first-order valence-corrected chi connectivity index (χ1v) is 7.53. The highest BCUT2D eigenvalue weighted by atomic mass is 16.6. The molecule has 112 valence electrons. The summed E-state index contributed by atoms with van der Waals surface area (Å²) in [7, 11) is 0. The Balaban J connectivity index is 1.62. The predicted octanol–water partition coefficient (Wildman–Crippen LogP) is 3.51. The molecule has 2 atom stereocenters. The van der Waals surface area contributed by atoms with Gasteiger partial charge in [0.15, 0.2) is 0 Å². The van der Waals surface area contributed by atoms with Crippen LogP contribution in [0.5, 0.6) is 0 Å². The first kappa shape index (κ1) is 14.4. The fourth-order valence-corrected chi connectivity index (χ4v) is 2.63. The highest BCUT2D eigenvalue weighted by molar-refractivity contribution is 5.70. The molecule has 0 radical (unpaired) electrons. The third-order valence-electron chi connectivity index (χ3n) is 3.76. The van der Waals surface area contributed by atoms with E-state index in [4.69, 9.17) is 4.74 Å². The Morgan fingerprint density at radius 1 is 0.955 bits per heavy atom. The molecule has 2 aromatic rings. The van der Waals surface area contributed by atoms with Gasteiger partial charge in [-0.1, -0.05) is 66.7 Å². The summed E-state index contributed by atoms with van der Waals surface area (Å²) in [6.45, 7) is 0. The van der Waals surface area contributed by atoms with Gasteiger partial charge < -0.3 is 10.1 Å². The van der Waals surface area contributed by atoms with E-state index < -0.39 is 0 Å². The molecule has 0 aromatic heterocycles. The van der Waals surface area contributed by atoms with Crippen LogP contribution in [0, 0.1) is 0 Å². The number of carbonyl (C=O) groups excluding carboxylic acids is 1. The van der Waals surface area contributed by atoms with E-state index in [1.165, 1.54) is 11.1 Å². The van der Waals surface area contributed by atoms with Crippen molar-refractivity contribution in [2.45, 2.75) is 25.0 Å². The van der Waals surface area contributed by atoms with Gasteiger partial charge in [0, 0.05) is 0 Å². The summed E-state index contributed by atoms with van der Waals surface area (Å²) in [5.74, 6) is 0. The zero-order chi connectivity index (χ0) is 15.2. The van der Waals surface area contributed by atoms with Crippen LogP contribution in [0.15, 0.2) is 72.8 Å². The van der Waals surface area contributed by atoms with Crippen LogP contribution in [-0.2, 0) is 17.6 Å². The molecule has 1 fully saturated rings. The van der Waals surface area contributed by atoms with Gasteiger partial charge in [0.25, 0.3) is 0 Å². The number of carbonyl (C=O) groups is 1. The van der Waals surface area contributed by atoms with Gasteiger partial charge in [-0.2, -0.15) is 0 Å². The second-order valence-corrected chi connectivity index (χ2v) is 5.43. The molecule has 3 nitrogen and oxygen atoms in total. The molecule has 0 bridgehead atoms. The Bertz CT molecular complexity index is 637. The number of ether oxygens (including phenoxy) is 1. The number of amides is 1. The van der Waals surface area contributed by atoms with Crippen LogP contribution in [0.1, 0.15) is 11.1 Å². The first-order valence-electron chi connectivity index (χ1n) is 7.53. The maximum atomic E-state index is 11.5. The Hall–Kier alpha value is -2.55. The molecule has 1 saturated heterocycles. The van der Waals surface area contributed by atoms with Crippen molar-refractivity contribution in [1.82, 2.24) is 5.32 Å². The molecule has 0 unspecified atom stereocenters. The van der Waals surface area contributed by atoms with Crippen LogP contribution >= 0.6 is 0 Å². The lowest BCUT2D eigenvalue weighted by Gasteiger charge is -2.13. The van der Waals surface area contributed by atoms with Crippen molar-refractivity contribution < 1.29 is 9.53 Å². The third-order valence-corrected chi connectivity index (χ3v) is 3.76. The summed E-state index contributed by atoms with van der Waals surface area (Å²) in [5, 5.41) is 2.89. The number of nitrogens with one attached hydrogen (secondary N) is 1. The number of alkyl carbamates (subject to hydrolysis) is 1. The predicted molar refractivity (Wildman–Crippen MR) is 86.6 cm³/mol. The fraction of sp³-hybridized carbons (Fsp3) is 0.211. The van der Waals surface area contributed by atoms with Crippen LogP contribution in [0.2, 0.25) is 0 Å². The van der Waals surface area contributed by atoms with Crippen LogP contribution in [-0.4, -0.2) is 18.2 Å². The quantitative estimate of drug-likeness (QED) is 0.857. The maximum Gasteiger partial charge on any atom is 0.408 e. The summed E-state index contributed by atoms with van der Waals surface area (Å²) in [5.41, 5.74) is 2.44. The zero-order valence-corrected chi connectivity index (χ0v) is 12.3. The molecule has 0 aliphatic carbocycles. The molecule has 1 N–H and O–H groups in total. The molecule has 1 heterocycles. The topological polar surface area (TPSA) is 38.3 Å². The lowest BCUT2D eigenvalue weighted by atomic mass is 10.0. The first-order chi connectivity index (χ1) is 10.8. The highest BCUT2D eigenvalue weighted by Gasteiger charge is 2.31. The van der Waals surface area contributed by atoms with E-state index in [1.807, 2.05) is 42.5 Å². The number of allylic oxidation sites excluding steroid dienone is 1. The molecule has 3 heteroatoms. The van der Waals surface area contributed by atoms with Crippen molar-refractivity contribution >= 4 is 6.09 Å². The van der Waals surface area contributed by atoms with Crippen molar-refractivity contribution in [3.63, 3.8) is 0 Å². The van der Waals surface area contributed by atoms with Crippen LogP contribution in [0.25, 0.3) is 0 Å². The second kappa shape index (κ2) is 6.94.